The molecule has 0 saturated heterocycles. The molecule has 0 nitrogen and oxygen atoms in total. The Morgan fingerprint density at radius 3 is 2.50 bits per heavy atom. The molecule has 0 aliphatic carbocycles. The number of hydrogen-bond acceptors (Lipinski definition) is 0. The van der Waals surface area contributed by atoms with E-state index in [-0.39, 0.29) is 5.82 Å². The molecule has 0 N–H and O–H groups in total. The Morgan fingerprint density at radius 2 is 1.81 bits per heavy atom. The molecule has 0 radical (unpaired) electrons. The summed E-state index contributed by atoms with van der Waals surface area (Å²) in [4.78, 5) is 0. The van der Waals surface area contributed by atoms with Crippen LogP contribution in [0.1, 0.15) is 11.1 Å². The normalized spacial score (nSPS) is 10.1. The van der Waals surface area contributed by atoms with Crippen molar-refractivity contribution in [2.45, 2.75) is 13.2 Å². The number of halogens is 1. The summed E-state index contributed by atoms with van der Waals surface area (Å²) < 4.78 is 12.9. The van der Waals surface area contributed by atoms with Crippen LogP contribution in [-0.2, 0) is 6.32 Å². The molecule has 80 valence electrons. The van der Waals surface area contributed by atoms with Gasteiger partial charge in [0.15, 0.2) is 7.28 Å². The molecular formula is C14H14BF. The lowest BCUT2D eigenvalue weighted by Gasteiger charge is -2.04. The standard InChI is InChI=1S/C14H14BF/c1-11-9-14(16)8-7-12(11)10-15-13-5-3-2-4-6-13/h2-9,15H,10H2,1H3. The van der Waals surface area contributed by atoms with Gasteiger partial charge in [-0.3, -0.25) is 0 Å². The molecule has 0 unspecified atom stereocenters. The second-order valence-corrected chi connectivity index (χ2v) is 4.06. The molecule has 0 atom stereocenters. The van der Waals surface area contributed by atoms with Crippen LogP contribution in [0.25, 0.3) is 0 Å². The second-order valence-electron chi connectivity index (χ2n) is 4.06. The Kier molecular flexibility index (Phi) is 3.40. The Balaban J connectivity index is 2.05. The molecule has 2 aromatic rings. The van der Waals surface area contributed by atoms with Crippen LogP contribution in [0.3, 0.4) is 0 Å². The van der Waals surface area contributed by atoms with Gasteiger partial charge in [-0.25, -0.2) is 4.39 Å². The molecule has 0 bridgehead atoms. The number of hydrogen-bond donors (Lipinski definition) is 0. The van der Waals surface area contributed by atoms with Crippen LogP contribution in [0.5, 0.6) is 0 Å². The van der Waals surface area contributed by atoms with Crippen LogP contribution in [0, 0.1) is 12.7 Å². The molecule has 0 fully saturated rings. The molecule has 0 heterocycles. The van der Waals surface area contributed by atoms with Crippen LogP contribution in [0.4, 0.5) is 4.39 Å². The van der Waals surface area contributed by atoms with E-state index in [2.05, 4.69) is 12.1 Å². The average molecular weight is 212 g/mol. The van der Waals surface area contributed by atoms with Crippen LogP contribution < -0.4 is 5.46 Å². The molecule has 2 heteroatoms. The minimum Gasteiger partial charge on any atom is -0.207 e. The molecular weight excluding hydrogens is 198 g/mol. The van der Waals surface area contributed by atoms with Crippen molar-refractivity contribution in [3.63, 3.8) is 0 Å². The van der Waals surface area contributed by atoms with Crippen LogP contribution in [-0.4, -0.2) is 7.28 Å². The summed E-state index contributed by atoms with van der Waals surface area (Å²) in [5.41, 5.74) is 3.59. The van der Waals surface area contributed by atoms with Crippen LogP contribution >= 0.6 is 0 Å². The predicted molar refractivity (Wildman–Crippen MR) is 68.1 cm³/mol. The lowest BCUT2D eigenvalue weighted by atomic mass is 9.65. The van der Waals surface area contributed by atoms with E-state index < -0.39 is 0 Å². The van der Waals surface area contributed by atoms with Crippen molar-refractivity contribution in [1.82, 2.24) is 0 Å². The van der Waals surface area contributed by atoms with Gasteiger partial charge in [0, 0.05) is 0 Å². The van der Waals surface area contributed by atoms with E-state index in [4.69, 9.17) is 0 Å². The topological polar surface area (TPSA) is 0 Å². The highest BCUT2D eigenvalue weighted by molar-refractivity contribution is 6.52. The van der Waals surface area contributed by atoms with Crippen LogP contribution in [0.15, 0.2) is 48.5 Å². The van der Waals surface area contributed by atoms with E-state index in [1.807, 2.05) is 31.2 Å². The lowest BCUT2D eigenvalue weighted by Crippen LogP contribution is -2.16. The fourth-order valence-electron chi connectivity index (χ4n) is 1.86. The zero-order valence-corrected chi connectivity index (χ0v) is 9.41. The maximum Gasteiger partial charge on any atom is 0.162 e. The highest BCUT2D eigenvalue weighted by Gasteiger charge is 2.01. The summed E-state index contributed by atoms with van der Waals surface area (Å²) in [6.45, 7) is 1.96. The lowest BCUT2D eigenvalue weighted by molar-refractivity contribution is 0.626. The van der Waals surface area contributed by atoms with E-state index in [1.54, 1.807) is 6.07 Å². The maximum atomic E-state index is 12.9. The second kappa shape index (κ2) is 4.97. The van der Waals surface area contributed by atoms with Crippen molar-refractivity contribution >= 4 is 12.7 Å². The highest BCUT2D eigenvalue weighted by atomic mass is 19.1. The van der Waals surface area contributed by atoms with Crippen molar-refractivity contribution in [2.24, 2.45) is 0 Å². The highest BCUT2D eigenvalue weighted by Crippen LogP contribution is 2.10. The predicted octanol–water partition coefficient (Wildman–Crippen LogP) is 2.40. The summed E-state index contributed by atoms with van der Waals surface area (Å²) in [5.74, 6) is -0.152. The van der Waals surface area contributed by atoms with Crippen molar-refractivity contribution in [2.75, 3.05) is 0 Å². The minimum absolute atomic E-state index is 0.152. The molecule has 0 spiro atoms. The largest absolute Gasteiger partial charge is 0.207 e. The minimum atomic E-state index is -0.152. The Morgan fingerprint density at radius 1 is 1.06 bits per heavy atom. The van der Waals surface area contributed by atoms with E-state index in [9.17, 15) is 4.39 Å². The fourth-order valence-corrected chi connectivity index (χ4v) is 1.86. The summed E-state index contributed by atoms with van der Waals surface area (Å²) in [6, 6.07) is 15.4. The van der Waals surface area contributed by atoms with E-state index in [0.717, 1.165) is 19.2 Å². The van der Waals surface area contributed by atoms with E-state index in [0.29, 0.717) is 0 Å². The third-order valence-electron chi connectivity index (χ3n) is 2.83. The third-order valence-corrected chi connectivity index (χ3v) is 2.83. The SMILES string of the molecule is Cc1cc(F)ccc1CBc1ccccc1. The van der Waals surface area contributed by atoms with Gasteiger partial charge in [0.2, 0.25) is 0 Å². The van der Waals surface area contributed by atoms with Gasteiger partial charge in [-0.2, -0.15) is 0 Å². The number of benzene rings is 2. The van der Waals surface area contributed by atoms with Gasteiger partial charge in [-0.05, 0) is 30.9 Å². The summed E-state index contributed by atoms with van der Waals surface area (Å²) >= 11 is 0. The molecule has 2 rings (SSSR count). The average Bonchev–Trinajstić information content (AvgIpc) is 2.29. The van der Waals surface area contributed by atoms with Gasteiger partial charge >= 0.3 is 0 Å². The van der Waals surface area contributed by atoms with Crippen molar-refractivity contribution < 1.29 is 4.39 Å². The fraction of sp³-hybridized carbons (Fsp3) is 0.143. The monoisotopic (exact) mass is 212 g/mol. The van der Waals surface area contributed by atoms with Crippen molar-refractivity contribution in [3.8, 4) is 0 Å². The summed E-state index contributed by atoms with van der Waals surface area (Å²) in [7, 11) is 1.01. The smallest absolute Gasteiger partial charge is 0.162 e. The van der Waals surface area contributed by atoms with Gasteiger partial charge in [0.25, 0.3) is 0 Å². The van der Waals surface area contributed by atoms with Gasteiger partial charge in [-0.1, -0.05) is 47.4 Å². The number of aryl methyl sites for hydroxylation is 1. The van der Waals surface area contributed by atoms with Gasteiger partial charge in [0.1, 0.15) is 5.82 Å². The Labute approximate surface area is 96.4 Å². The molecule has 0 aromatic heterocycles. The van der Waals surface area contributed by atoms with E-state index in [1.165, 1.54) is 17.1 Å². The molecule has 0 amide bonds. The quantitative estimate of drug-likeness (QED) is 0.685. The number of rotatable bonds is 3. The first-order valence-corrected chi connectivity index (χ1v) is 5.54. The molecule has 0 aliphatic rings. The van der Waals surface area contributed by atoms with Crippen molar-refractivity contribution in [3.05, 3.63) is 65.5 Å². The molecule has 16 heavy (non-hydrogen) atoms. The zero-order valence-electron chi connectivity index (χ0n) is 9.41. The summed E-state index contributed by atoms with van der Waals surface area (Å²) in [5, 5.41) is 0. The maximum absolute atomic E-state index is 12.9. The van der Waals surface area contributed by atoms with Crippen LogP contribution in [0.2, 0.25) is 0 Å². The van der Waals surface area contributed by atoms with Gasteiger partial charge < -0.3 is 0 Å². The molecule has 2 aromatic carbocycles. The van der Waals surface area contributed by atoms with Gasteiger partial charge in [-0.15, -0.1) is 0 Å². The molecule has 0 aliphatic heterocycles. The van der Waals surface area contributed by atoms with E-state index >= 15 is 0 Å². The first-order chi connectivity index (χ1) is 7.75. The first kappa shape index (κ1) is 10.9. The van der Waals surface area contributed by atoms with Crippen molar-refractivity contribution in [1.29, 1.82) is 0 Å². The Hall–Kier alpha value is -1.57. The Bertz CT molecular complexity index is 465. The summed E-state index contributed by atoms with van der Waals surface area (Å²) in [6.07, 6.45) is 0.968. The first-order valence-electron chi connectivity index (χ1n) is 5.54. The zero-order chi connectivity index (χ0) is 11.4. The van der Waals surface area contributed by atoms with Gasteiger partial charge in [0.05, 0.1) is 0 Å². The molecule has 0 saturated carbocycles. The third kappa shape index (κ3) is 2.72.